The van der Waals surface area contributed by atoms with Gasteiger partial charge in [-0.05, 0) is 49.5 Å². The quantitative estimate of drug-likeness (QED) is 0.543. The van der Waals surface area contributed by atoms with Crippen LogP contribution >= 0.6 is 0 Å². The van der Waals surface area contributed by atoms with E-state index in [1.165, 1.54) is 44.9 Å². The third-order valence-electron chi connectivity index (χ3n) is 4.41. The van der Waals surface area contributed by atoms with E-state index in [1.54, 1.807) is 11.1 Å². The van der Waals surface area contributed by atoms with Gasteiger partial charge in [0, 0.05) is 0 Å². The summed E-state index contributed by atoms with van der Waals surface area (Å²) in [5.74, 6) is 1.97. The van der Waals surface area contributed by atoms with E-state index < -0.39 is 0 Å². The lowest BCUT2D eigenvalue weighted by Crippen LogP contribution is -2.25. The molecular weight excluding hydrogens is 180 g/mol. The van der Waals surface area contributed by atoms with E-state index in [0.717, 1.165) is 11.8 Å². The van der Waals surface area contributed by atoms with Gasteiger partial charge < -0.3 is 0 Å². The third kappa shape index (κ3) is 1.71. The monoisotopic (exact) mass is 200 g/mol. The Kier molecular flexibility index (Phi) is 2.52. The molecule has 0 aromatic carbocycles. The Balaban J connectivity index is 1.91. The highest BCUT2D eigenvalue weighted by molar-refractivity contribution is 5.44. The minimum atomic E-state index is 0.940. The summed E-state index contributed by atoms with van der Waals surface area (Å²) >= 11 is 0. The van der Waals surface area contributed by atoms with Gasteiger partial charge >= 0.3 is 0 Å². The van der Waals surface area contributed by atoms with Crippen molar-refractivity contribution in [2.24, 2.45) is 11.8 Å². The summed E-state index contributed by atoms with van der Waals surface area (Å²) in [6.07, 6.45) is 19.2. The van der Waals surface area contributed by atoms with Crippen LogP contribution in [0.2, 0.25) is 0 Å². The molecule has 0 N–H and O–H groups in total. The van der Waals surface area contributed by atoms with Crippen molar-refractivity contribution in [2.75, 3.05) is 0 Å². The molecule has 2 unspecified atom stereocenters. The van der Waals surface area contributed by atoms with Crippen LogP contribution in [0.3, 0.4) is 0 Å². The molecule has 0 aromatic heterocycles. The predicted molar refractivity (Wildman–Crippen MR) is 64.6 cm³/mol. The normalized spacial score (nSPS) is 34.7. The Labute approximate surface area is 92.8 Å². The van der Waals surface area contributed by atoms with Gasteiger partial charge in [-0.25, -0.2) is 0 Å². The molecule has 0 radical (unpaired) electrons. The van der Waals surface area contributed by atoms with Crippen LogP contribution in [-0.2, 0) is 0 Å². The summed E-state index contributed by atoms with van der Waals surface area (Å²) in [6.45, 7) is 0. The van der Waals surface area contributed by atoms with Crippen molar-refractivity contribution in [1.82, 2.24) is 0 Å². The maximum Gasteiger partial charge on any atom is -0.0166 e. The SMILES string of the molecule is C1=CC(=C2CCCC3CCCCC23)C=C1. The smallest absolute Gasteiger partial charge is 0.0166 e. The van der Waals surface area contributed by atoms with Gasteiger partial charge in [0.25, 0.3) is 0 Å². The second kappa shape index (κ2) is 4.00. The minimum absolute atomic E-state index is 0.940. The number of rotatable bonds is 0. The lowest BCUT2D eigenvalue weighted by atomic mass is 9.67. The summed E-state index contributed by atoms with van der Waals surface area (Å²) in [4.78, 5) is 0. The average Bonchev–Trinajstić information content (AvgIpc) is 2.82. The molecule has 0 spiro atoms. The van der Waals surface area contributed by atoms with Crippen LogP contribution in [0.5, 0.6) is 0 Å². The second-order valence-corrected chi connectivity index (χ2v) is 5.24. The maximum atomic E-state index is 2.31. The van der Waals surface area contributed by atoms with Gasteiger partial charge in [-0.15, -0.1) is 0 Å². The van der Waals surface area contributed by atoms with Gasteiger partial charge in [0.1, 0.15) is 0 Å². The van der Waals surface area contributed by atoms with Crippen molar-refractivity contribution < 1.29 is 0 Å². The zero-order valence-electron chi connectivity index (χ0n) is 9.41. The van der Waals surface area contributed by atoms with Crippen LogP contribution in [0, 0.1) is 11.8 Å². The highest BCUT2D eigenvalue weighted by atomic mass is 14.4. The van der Waals surface area contributed by atoms with E-state index in [0.29, 0.717) is 0 Å². The van der Waals surface area contributed by atoms with Crippen LogP contribution in [0.15, 0.2) is 35.5 Å². The van der Waals surface area contributed by atoms with Crippen molar-refractivity contribution in [3.05, 3.63) is 35.5 Å². The van der Waals surface area contributed by atoms with Crippen molar-refractivity contribution in [1.29, 1.82) is 0 Å². The molecule has 2 atom stereocenters. The summed E-state index contributed by atoms with van der Waals surface area (Å²) < 4.78 is 0. The maximum absolute atomic E-state index is 2.31. The van der Waals surface area contributed by atoms with E-state index in [1.807, 2.05) is 0 Å². The lowest BCUT2D eigenvalue weighted by Gasteiger charge is -2.38. The standard InChI is InChI=1S/C15H20/c1-2-7-12(6-1)15-11-5-9-13-8-3-4-10-14(13)15/h1-2,6-7,13-14H,3-5,8-11H2. The molecule has 0 bridgehead atoms. The Hall–Kier alpha value is -0.780. The first kappa shape index (κ1) is 9.45. The van der Waals surface area contributed by atoms with Crippen molar-refractivity contribution in [2.45, 2.75) is 44.9 Å². The summed E-state index contributed by atoms with van der Waals surface area (Å²) in [5.41, 5.74) is 3.34. The van der Waals surface area contributed by atoms with Crippen LogP contribution < -0.4 is 0 Å². The van der Waals surface area contributed by atoms with Gasteiger partial charge in [-0.2, -0.15) is 0 Å². The highest BCUT2D eigenvalue weighted by Crippen LogP contribution is 2.45. The predicted octanol–water partition coefficient (Wildman–Crippen LogP) is 4.40. The molecule has 3 rings (SSSR count). The van der Waals surface area contributed by atoms with Gasteiger partial charge in [0.15, 0.2) is 0 Å². The largest absolute Gasteiger partial charge is 0.0617 e. The number of hydrogen-bond donors (Lipinski definition) is 0. The Bertz CT molecular complexity index is 314. The topological polar surface area (TPSA) is 0 Å². The fraction of sp³-hybridized carbons (Fsp3) is 0.600. The molecule has 0 aromatic rings. The van der Waals surface area contributed by atoms with E-state index in [4.69, 9.17) is 0 Å². The summed E-state index contributed by atoms with van der Waals surface area (Å²) in [5, 5.41) is 0. The Morgan fingerprint density at radius 2 is 1.60 bits per heavy atom. The molecular formula is C15H20. The molecule has 0 heterocycles. The summed E-state index contributed by atoms with van der Waals surface area (Å²) in [6, 6.07) is 0. The molecule has 2 fully saturated rings. The van der Waals surface area contributed by atoms with E-state index in [-0.39, 0.29) is 0 Å². The third-order valence-corrected chi connectivity index (χ3v) is 4.41. The van der Waals surface area contributed by atoms with Crippen LogP contribution in [0.25, 0.3) is 0 Å². The molecule has 0 heteroatoms. The van der Waals surface area contributed by atoms with E-state index in [9.17, 15) is 0 Å². The van der Waals surface area contributed by atoms with Crippen molar-refractivity contribution in [3.8, 4) is 0 Å². The Morgan fingerprint density at radius 1 is 0.867 bits per heavy atom. The first-order valence-corrected chi connectivity index (χ1v) is 6.53. The fourth-order valence-electron chi connectivity index (χ4n) is 3.70. The summed E-state index contributed by atoms with van der Waals surface area (Å²) in [7, 11) is 0. The minimum Gasteiger partial charge on any atom is -0.0617 e. The van der Waals surface area contributed by atoms with Crippen molar-refractivity contribution >= 4 is 0 Å². The first-order valence-electron chi connectivity index (χ1n) is 6.53. The van der Waals surface area contributed by atoms with Crippen LogP contribution in [0.4, 0.5) is 0 Å². The molecule has 2 saturated carbocycles. The molecule has 0 saturated heterocycles. The second-order valence-electron chi connectivity index (χ2n) is 5.24. The van der Waals surface area contributed by atoms with E-state index in [2.05, 4.69) is 24.3 Å². The lowest BCUT2D eigenvalue weighted by molar-refractivity contribution is 0.222. The Morgan fingerprint density at radius 3 is 2.47 bits per heavy atom. The molecule has 80 valence electrons. The molecule has 0 aliphatic heterocycles. The van der Waals surface area contributed by atoms with Gasteiger partial charge in [-0.3, -0.25) is 0 Å². The molecule has 3 aliphatic carbocycles. The zero-order valence-corrected chi connectivity index (χ0v) is 9.41. The number of allylic oxidation sites excluding steroid dienone is 6. The highest BCUT2D eigenvalue weighted by Gasteiger charge is 2.31. The number of fused-ring (bicyclic) bond motifs is 1. The van der Waals surface area contributed by atoms with Gasteiger partial charge in [-0.1, -0.05) is 42.7 Å². The zero-order chi connectivity index (χ0) is 10.1. The fourth-order valence-corrected chi connectivity index (χ4v) is 3.70. The average molecular weight is 200 g/mol. The van der Waals surface area contributed by atoms with Crippen LogP contribution in [-0.4, -0.2) is 0 Å². The van der Waals surface area contributed by atoms with Crippen molar-refractivity contribution in [3.63, 3.8) is 0 Å². The van der Waals surface area contributed by atoms with E-state index >= 15 is 0 Å². The number of hydrogen-bond acceptors (Lipinski definition) is 0. The molecule has 0 nitrogen and oxygen atoms in total. The molecule has 3 aliphatic rings. The molecule has 15 heavy (non-hydrogen) atoms. The van der Waals surface area contributed by atoms with Gasteiger partial charge in [0.2, 0.25) is 0 Å². The van der Waals surface area contributed by atoms with Gasteiger partial charge in [0.05, 0.1) is 0 Å². The molecule has 0 amide bonds. The first-order chi connectivity index (χ1) is 7.45. The van der Waals surface area contributed by atoms with Crippen LogP contribution in [0.1, 0.15) is 44.9 Å².